The molecule has 0 fully saturated rings. The number of anilines is 1. The fourth-order valence-corrected chi connectivity index (χ4v) is 2.88. The zero-order valence-corrected chi connectivity index (χ0v) is 15.1. The molecule has 2 heterocycles. The zero-order chi connectivity index (χ0) is 18.5. The van der Waals surface area contributed by atoms with Gasteiger partial charge in [0.2, 0.25) is 11.8 Å². The lowest BCUT2D eigenvalue weighted by atomic mass is 10.2. The van der Waals surface area contributed by atoms with Crippen LogP contribution in [-0.4, -0.2) is 32.7 Å². The van der Waals surface area contributed by atoms with E-state index in [4.69, 9.17) is 14.9 Å². The topological polar surface area (TPSA) is 117 Å². The maximum absolute atomic E-state index is 11.7. The van der Waals surface area contributed by atoms with E-state index < -0.39 is 5.97 Å². The van der Waals surface area contributed by atoms with E-state index in [0.717, 1.165) is 5.56 Å². The number of nitrogens with zero attached hydrogens (tertiary/aromatic N) is 4. The SMILES string of the molecule is CCOC(=O)c1cnc(SC(C)c2nnc(-c3ccccc3)o2)nc1N. The van der Waals surface area contributed by atoms with Crippen molar-refractivity contribution in [2.24, 2.45) is 0 Å². The van der Waals surface area contributed by atoms with E-state index >= 15 is 0 Å². The molecule has 134 valence electrons. The van der Waals surface area contributed by atoms with Crippen LogP contribution in [0.5, 0.6) is 0 Å². The molecule has 8 nitrogen and oxygen atoms in total. The highest BCUT2D eigenvalue weighted by atomic mass is 32.2. The Morgan fingerprint density at radius 3 is 2.77 bits per heavy atom. The van der Waals surface area contributed by atoms with Gasteiger partial charge in [-0.05, 0) is 26.0 Å². The summed E-state index contributed by atoms with van der Waals surface area (Å²) in [4.78, 5) is 20.0. The summed E-state index contributed by atoms with van der Waals surface area (Å²) in [5.41, 5.74) is 6.83. The molecule has 0 aliphatic rings. The van der Waals surface area contributed by atoms with Gasteiger partial charge in [0.1, 0.15) is 11.4 Å². The molecule has 0 aliphatic heterocycles. The van der Waals surface area contributed by atoms with Crippen LogP contribution >= 0.6 is 11.8 Å². The molecule has 2 N–H and O–H groups in total. The van der Waals surface area contributed by atoms with Gasteiger partial charge >= 0.3 is 5.97 Å². The first-order chi connectivity index (χ1) is 12.6. The quantitative estimate of drug-likeness (QED) is 0.396. The maximum atomic E-state index is 11.7. The third-order valence-electron chi connectivity index (χ3n) is 3.38. The number of nitrogen functional groups attached to an aromatic ring is 1. The van der Waals surface area contributed by atoms with Crippen LogP contribution in [0.15, 0.2) is 46.1 Å². The number of hydrogen-bond acceptors (Lipinski definition) is 9. The second kappa shape index (κ2) is 7.96. The minimum atomic E-state index is -0.543. The molecule has 0 aliphatic carbocycles. The van der Waals surface area contributed by atoms with E-state index in [-0.39, 0.29) is 23.2 Å². The number of rotatable bonds is 6. The summed E-state index contributed by atoms with van der Waals surface area (Å²) < 4.78 is 10.6. The van der Waals surface area contributed by atoms with Crippen molar-refractivity contribution in [2.45, 2.75) is 24.3 Å². The van der Waals surface area contributed by atoms with Gasteiger partial charge in [0.25, 0.3) is 0 Å². The third-order valence-corrected chi connectivity index (χ3v) is 4.35. The highest BCUT2D eigenvalue weighted by Crippen LogP contribution is 2.33. The number of carbonyl (C=O) groups is 1. The number of nitrogens with two attached hydrogens (primary N) is 1. The highest BCUT2D eigenvalue weighted by Gasteiger charge is 2.19. The van der Waals surface area contributed by atoms with Crippen LogP contribution in [0.3, 0.4) is 0 Å². The average Bonchev–Trinajstić information content (AvgIpc) is 3.13. The second-order valence-corrected chi connectivity index (χ2v) is 6.55. The Hall–Kier alpha value is -2.94. The van der Waals surface area contributed by atoms with E-state index in [9.17, 15) is 4.79 Å². The van der Waals surface area contributed by atoms with E-state index in [0.29, 0.717) is 16.9 Å². The van der Waals surface area contributed by atoms with Crippen molar-refractivity contribution in [1.82, 2.24) is 20.2 Å². The van der Waals surface area contributed by atoms with Crippen LogP contribution in [0.2, 0.25) is 0 Å². The number of benzene rings is 1. The second-order valence-electron chi connectivity index (χ2n) is 5.24. The molecule has 3 aromatic rings. The van der Waals surface area contributed by atoms with Gasteiger partial charge in [-0.1, -0.05) is 30.0 Å². The monoisotopic (exact) mass is 371 g/mol. The fraction of sp³-hybridized carbons (Fsp3) is 0.235. The Balaban J connectivity index is 1.72. The summed E-state index contributed by atoms with van der Waals surface area (Å²) >= 11 is 1.30. The van der Waals surface area contributed by atoms with Gasteiger partial charge in [-0.25, -0.2) is 14.8 Å². The van der Waals surface area contributed by atoms with E-state index in [2.05, 4.69) is 20.2 Å². The van der Waals surface area contributed by atoms with Crippen LogP contribution in [0, 0.1) is 0 Å². The number of thioether (sulfide) groups is 1. The van der Waals surface area contributed by atoms with Crippen LogP contribution in [-0.2, 0) is 4.74 Å². The van der Waals surface area contributed by atoms with Gasteiger partial charge in [0, 0.05) is 11.8 Å². The molecule has 0 bridgehead atoms. The summed E-state index contributed by atoms with van der Waals surface area (Å²) in [6.45, 7) is 3.87. The smallest absolute Gasteiger partial charge is 0.343 e. The molecular formula is C17H17N5O3S. The largest absolute Gasteiger partial charge is 0.462 e. The number of aromatic nitrogens is 4. The number of esters is 1. The van der Waals surface area contributed by atoms with Crippen LogP contribution < -0.4 is 5.73 Å². The van der Waals surface area contributed by atoms with Gasteiger partial charge in [-0.15, -0.1) is 10.2 Å². The molecule has 2 aromatic heterocycles. The Morgan fingerprint density at radius 2 is 2.08 bits per heavy atom. The van der Waals surface area contributed by atoms with Crippen molar-refractivity contribution in [3.63, 3.8) is 0 Å². The Bertz CT molecular complexity index is 900. The first-order valence-electron chi connectivity index (χ1n) is 7.93. The van der Waals surface area contributed by atoms with Crippen molar-refractivity contribution >= 4 is 23.5 Å². The minimum Gasteiger partial charge on any atom is -0.462 e. The van der Waals surface area contributed by atoms with Crippen molar-refractivity contribution in [1.29, 1.82) is 0 Å². The lowest BCUT2D eigenvalue weighted by Crippen LogP contribution is -2.10. The molecule has 1 aromatic carbocycles. The third kappa shape index (κ3) is 3.99. The highest BCUT2D eigenvalue weighted by molar-refractivity contribution is 7.99. The average molecular weight is 371 g/mol. The summed E-state index contributed by atoms with van der Waals surface area (Å²) in [7, 11) is 0. The lowest BCUT2D eigenvalue weighted by molar-refractivity contribution is 0.0526. The fourth-order valence-electron chi connectivity index (χ4n) is 2.11. The van der Waals surface area contributed by atoms with Crippen LogP contribution in [0.1, 0.15) is 35.3 Å². The molecule has 0 saturated heterocycles. The summed E-state index contributed by atoms with van der Waals surface area (Å²) in [5.74, 6) is 0.430. The molecule has 0 saturated carbocycles. The molecule has 1 atom stereocenters. The molecule has 1 unspecified atom stereocenters. The van der Waals surface area contributed by atoms with Crippen LogP contribution in [0.4, 0.5) is 5.82 Å². The Kier molecular flexibility index (Phi) is 5.47. The van der Waals surface area contributed by atoms with Crippen molar-refractivity contribution in [2.75, 3.05) is 12.3 Å². The van der Waals surface area contributed by atoms with E-state index in [1.807, 2.05) is 37.3 Å². The first-order valence-corrected chi connectivity index (χ1v) is 8.81. The Labute approximate surface area is 154 Å². The van der Waals surface area contributed by atoms with Crippen LogP contribution in [0.25, 0.3) is 11.5 Å². The molecule has 0 radical (unpaired) electrons. The molecule has 3 rings (SSSR count). The van der Waals surface area contributed by atoms with Gasteiger partial charge < -0.3 is 14.9 Å². The number of hydrogen-bond donors (Lipinski definition) is 1. The molecule has 9 heteroatoms. The summed E-state index contributed by atoms with van der Waals surface area (Å²) in [6.07, 6.45) is 1.36. The minimum absolute atomic E-state index is 0.0728. The maximum Gasteiger partial charge on any atom is 0.343 e. The summed E-state index contributed by atoms with van der Waals surface area (Å²) in [5, 5.41) is 8.37. The Morgan fingerprint density at radius 1 is 1.31 bits per heavy atom. The molecular weight excluding hydrogens is 354 g/mol. The van der Waals surface area contributed by atoms with Crippen molar-refractivity contribution < 1.29 is 13.9 Å². The van der Waals surface area contributed by atoms with Gasteiger partial charge in [0.05, 0.1) is 11.9 Å². The molecule has 0 spiro atoms. The van der Waals surface area contributed by atoms with Crippen molar-refractivity contribution in [3.05, 3.63) is 48.0 Å². The molecule has 0 amide bonds. The number of carbonyl (C=O) groups excluding carboxylic acids is 1. The summed E-state index contributed by atoms with van der Waals surface area (Å²) in [6, 6.07) is 9.51. The lowest BCUT2D eigenvalue weighted by Gasteiger charge is -2.08. The van der Waals surface area contributed by atoms with E-state index in [1.54, 1.807) is 6.92 Å². The first kappa shape index (κ1) is 17.9. The normalized spacial score (nSPS) is 11.9. The van der Waals surface area contributed by atoms with Gasteiger partial charge in [0.15, 0.2) is 5.16 Å². The number of ether oxygens (including phenoxy) is 1. The zero-order valence-electron chi connectivity index (χ0n) is 14.2. The predicted octanol–water partition coefficient (Wildman–Crippen LogP) is 3.14. The van der Waals surface area contributed by atoms with Gasteiger partial charge in [-0.3, -0.25) is 0 Å². The van der Waals surface area contributed by atoms with Crippen molar-refractivity contribution in [3.8, 4) is 11.5 Å². The van der Waals surface area contributed by atoms with Gasteiger partial charge in [-0.2, -0.15) is 0 Å². The van der Waals surface area contributed by atoms with E-state index in [1.165, 1.54) is 18.0 Å². The predicted molar refractivity (Wildman–Crippen MR) is 96.4 cm³/mol. The molecule has 26 heavy (non-hydrogen) atoms. The standard InChI is InChI=1S/C17H17N5O3S/c1-3-24-16(23)12-9-19-17(20-13(12)18)26-10(2)14-21-22-15(25-14)11-7-5-4-6-8-11/h4-10H,3H2,1-2H3,(H2,18,19,20).